The topological polar surface area (TPSA) is 22.1 Å². The van der Waals surface area contributed by atoms with Crippen molar-refractivity contribution in [1.29, 1.82) is 0 Å². The van der Waals surface area contributed by atoms with E-state index in [0.29, 0.717) is 11.6 Å². The molecule has 0 saturated carbocycles. The lowest BCUT2D eigenvalue weighted by atomic mass is 10.2. The van der Waals surface area contributed by atoms with Gasteiger partial charge in [-0.05, 0) is 12.5 Å². The summed E-state index contributed by atoms with van der Waals surface area (Å²) >= 11 is 5.62. The molecule has 6 heteroatoms. The summed E-state index contributed by atoms with van der Waals surface area (Å²) in [4.78, 5) is 3.99. The Labute approximate surface area is 96.4 Å². The van der Waals surface area contributed by atoms with Gasteiger partial charge < -0.3 is 4.74 Å². The summed E-state index contributed by atoms with van der Waals surface area (Å²) in [7, 11) is 0. The minimum absolute atomic E-state index is 0.190. The average molecular weight is 254 g/mol. The molecule has 0 N–H and O–H groups in total. The van der Waals surface area contributed by atoms with E-state index < -0.39 is 19.2 Å². The number of aromatic nitrogens is 1. The maximum absolute atomic E-state index is 11.8. The quantitative estimate of drug-likeness (QED) is 0.767. The van der Waals surface area contributed by atoms with E-state index in [9.17, 15) is 13.2 Å². The van der Waals surface area contributed by atoms with Gasteiger partial charge in [-0.25, -0.2) is 4.98 Å². The first kappa shape index (κ1) is 13.1. The third-order valence-corrected chi connectivity index (χ3v) is 2.24. The van der Waals surface area contributed by atoms with E-state index in [-0.39, 0.29) is 5.88 Å². The van der Waals surface area contributed by atoms with Crippen LogP contribution < -0.4 is 4.74 Å². The Balaban J connectivity index is 2.52. The Morgan fingerprint density at radius 1 is 1.38 bits per heavy atom. The van der Waals surface area contributed by atoms with Crippen LogP contribution in [0.15, 0.2) is 12.1 Å². The number of pyridine rings is 1. The first-order valence-corrected chi connectivity index (χ1v) is 5.18. The molecule has 0 radical (unpaired) electrons. The van der Waals surface area contributed by atoms with E-state index in [1.165, 1.54) is 6.07 Å². The number of nitrogens with zero attached hydrogens (tertiary/aromatic N) is 1. The molecule has 0 aromatic carbocycles. The smallest absolute Gasteiger partial charge is 0.392 e. The van der Waals surface area contributed by atoms with Gasteiger partial charge in [-0.2, -0.15) is 13.2 Å². The van der Waals surface area contributed by atoms with Crippen LogP contribution in [0.4, 0.5) is 13.2 Å². The predicted molar refractivity (Wildman–Crippen MR) is 54.7 cm³/mol. The van der Waals surface area contributed by atoms with Crippen LogP contribution in [0.25, 0.3) is 0 Å². The van der Waals surface area contributed by atoms with Crippen molar-refractivity contribution in [2.75, 3.05) is 6.61 Å². The molecule has 0 saturated heterocycles. The highest BCUT2D eigenvalue weighted by molar-refractivity contribution is 6.17. The van der Waals surface area contributed by atoms with Gasteiger partial charge in [-0.15, -0.1) is 11.6 Å². The second kappa shape index (κ2) is 5.39. The normalized spacial score (nSPS) is 11.6. The van der Waals surface area contributed by atoms with Crippen LogP contribution in [0.3, 0.4) is 0 Å². The molecule has 1 aromatic rings. The SMILES string of the molecule is Cc1nc(OCCC(F)(F)F)ccc1CCl. The molecule has 0 aliphatic carbocycles. The average Bonchev–Trinajstić information content (AvgIpc) is 2.16. The third kappa shape index (κ3) is 4.26. The maximum atomic E-state index is 11.8. The van der Waals surface area contributed by atoms with Gasteiger partial charge in [0.2, 0.25) is 5.88 Å². The van der Waals surface area contributed by atoms with Crippen LogP contribution in [0.5, 0.6) is 5.88 Å². The molecule has 0 aliphatic rings. The highest BCUT2D eigenvalue weighted by Gasteiger charge is 2.26. The molecule has 0 bridgehead atoms. The number of aryl methyl sites for hydroxylation is 1. The Kier molecular flexibility index (Phi) is 4.41. The van der Waals surface area contributed by atoms with Crippen molar-refractivity contribution in [2.45, 2.75) is 25.4 Å². The van der Waals surface area contributed by atoms with Crippen LogP contribution in [0, 0.1) is 6.92 Å². The Hall–Kier alpha value is -0.970. The third-order valence-electron chi connectivity index (χ3n) is 1.95. The molecule has 0 amide bonds. The van der Waals surface area contributed by atoms with Crippen molar-refractivity contribution in [1.82, 2.24) is 4.98 Å². The fraction of sp³-hybridized carbons (Fsp3) is 0.500. The van der Waals surface area contributed by atoms with Gasteiger partial charge in [0.1, 0.15) is 0 Å². The lowest BCUT2D eigenvalue weighted by molar-refractivity contribution is -0.139. The van der Waals surface area contributed by atoms with Crippen LogP contribution in [0.2, 0.25) is 0 Å². The standard InChI is InChI=1S/C10H11ClF3NO/c1-7-8(6-11)2-3-9(15-7)16-5-4-10(12,13)14/h2-3H,4-6H2,1H3. The van der Waals surface area contributed by atoms with E-state index >= 15 is 0 Å². The van der Waals surface area contributed by atoms with E-state index in [2.05, 4.69) is 4.98 Å². The molecule has 0 fully saturated rings. The fourth-order valence-electron chi connectivity index (χ4n) is 1.06. The zero-order chi connectivity index (χ0) is 12.2. The summed E-state index contributed by atoms with van der Waals surface area (Å²) in [6, 6.07) is 3.21. The molecule has 1 aromatic heterocycles. The summed E-state index contributed by atoms with van der Waals surface area (Å²) < 4.78 is 40.4. The molecule has 1 rings (SSSR count). The van der Waals surface area contributed by atoms with Crippen molar-refractivity contribution in [3.8, 4) is 5.88 Å². The summed E-state index contributed by atoms with van der Waals surface area (Å²) in [5.74, 6) is 0.511. The summed E-state index contributed by atoms with van der Waals surface area (Å²) in [5.41, 5.74) is 1.50. The van der Waals surface area contributed by atoms with E-state index in [1.807, 2.05) is 0 Å². The molecule has 0 unspecified atom stereocenters. The number of alkyl halides is 4. The highest BCUT2D eigenvalue weighted by atomic mass is 35.5. The van der Waals surface area contributed by atoms with Gasteiger partial charge in [-0.1, -0.05) is 6.07 Å². The highest BCUT2D eigenvalue weighted by Crippen LogP contribution is 2.20. The zero-order valence-electron chi connectivity index (χ0n) is 8.64. The molecule has 0 spiro atoms. The van der Waals surface area contributed by atoms with Crippen LogP contribution >= 0.6 is 11.6 Å². The number of hydrogen-bond acceptors (Lipinski definition) is 2. The number of ether oxygens (including phenoxy) is 1. The second-order valence-corrected chi connectivity index (χ2v) is 3.51. The van der Waals surface area contributed by atoms with Crippen LogP contribution in [-0.2, 0) is 5.88 Å². The van der Waals surface area contributed by atoms with Gasteiger partial charge in [0.25, 0.3) is 0 Å². The molecule has 90 valence electrons. The van der Waals surface area contributed by atoms with Gasteiger partial charge >= 0.3 is 6.18 Å². The molecular formula is C10H11ClF3NO. The predicted octanol–water partition coefficient (Wildman–Crippen LogP) is 3.46. The Morgan fingerprint density at radius 3 is 2.56 bits per heavy atom. The summed E-state index contributed by atoms with van der Waals surface area (Å²) in [6.45, 7) is 1.31. The lowest BCUT2D eigenvalue weighted by Gasteiger charge is -2.09. The van der Waals surface area contributed by atoms with Crippen LogP contribution in [0.1, 0.15) is 17.7 Å². The first-order valence-electron chi connectivity index (χ1n) is 4.64. The van der Waals surface area contributed by atoms with E-state index in [1.54, 1.807) is 13.0 Å². The summed E-state index contributed by atoms with van der Waals surface area (Å²) in [6.07, 6.45) is -5.18. The van der Waals surface area contributed by atoms with Crippen molar-refractivity contribution >= 4 is 11.6 Å². The molecule has 0 atom stereocenters. The lowest BCUT2D eigenvalue weighted by Crippen LogP contribution is -2.13. The number of halogens is 4. The van der Waals surface area contributed by atoms with Gasteiger partial charge in [0.15, 0.2) is 0 Å². The Bertz CT molecular complexity index is 354. The van der Waals surface area contributed by atoms with Crippen molar-refractivity contribution < 1.29 is 17.9 Å². The maximum Gasteiger partial charge on any atom is 0.392 e. The van der Waals surface area contributed by atoms with Crippen molar-refractivity contribution in [2.24, 2.45) is 0 Å². The monoisotopic (exact) mass is 253 g/mol. The number of rotatable bonds is 4. The summed E-state index contributed by atoms with van der Waals surface area (Å²) in [5, 5.41) is 0. The Morgan fingerprint density at radius 2 is 2.06 bits per heavy atom. The fourth-order valence-corrected chi connectivity index (χ4v) is 1.34. The first-order chi connectivity index (χ1) is 7.42. The molecule has 2 nitrogen and oxygen atoms in total. The van der Waals surface area contributed by atoms with Crippen molar-refractivity contribution in [3.63, 3.8) is 0 Å². The van der Waals surface area contributed by atoms with Gasteiger partial charge in [0.05, 0.1) is 13.0 Å². The minimum atomic E-state index is -4.20. The van der Waals surface area contributed by atoms with E-state index in [4.69, 9.17) is 16.3 Å². The van der Waals surface area contributed by atoms with Crippen LogP contribution in [-0.4, -0.2) is 17.8 Å². The number of hydrogen-bond donors (Lipinski definition) is 0. The van der Waals surface area contributed by atoms with Gasteiger partial charge in [-0.3, -0.25) is 0 Å². The molecular weight excluding hydrogens is 243 g/mol. The molecule has 1 heterocycles. The zero-order valence-corrected chi connectivity index (χ0v) is 9.40. The molecule has 0 aliphatic heterocycles. The minimum Gasteiger partial charge on any atom is -0.477 e. The van der Waals surface area contributed by atoms with E-state index in [0.717, 1.165) is 5.56 Å². The van der Waals surface area contributed by atoms with Gasteiger partial charge in [0, 0.05) is 17.6 Å². The second-order valence-electron chi connectivity index (χ2n) is 3.24. The largest absolute Gasteiger partial charge is 0.477 e. The van der Waals surface area contributed by atoms with Crippen molar-refractivity contribution in [3.05, 3.63) is 23.4 Å². The molecule has 16 heavy (non-hydrogen) atoms.